The first-order valence-electron chi connectivity index (χ1n) is 11.7. The number of esters is 1. The zero-order valence-corrected chi connectivity index (χ0v) is 23.1. The zero-order valence-electron chi connectivity index (χ0n) is 21.5. The smallest absolute Gasteiger partial charge is 0.337 e. The maximum absolute atomic E-state index is 12.3. The first-order valence-corrected chi connectivity index (χ1v) is 12.5. The summed E-state index contributed by atoms with van der Waals surface area (Å²) in [5, 5.41) is 10.1. The van der Waals surface area contributed by atoms with Crippen molar-refractivity contribution in [3.63, 3.8) is 0 Å². The molecule has 3 amide bonds. The lowest BCUT2D eigenvalue weighted by molar-refractivity contribution is -0.136. The van der Waals surface area contributed by atoms with E-state index >= 15 is 0 Å². The molecular formula is C27H24Cl2N4O7. The molecular weight excluding hydrogens is 563 g/mol. The minimum absolute atomic E-state index is 0.245. The fourth-order valence-corrected chi connectivity index (χ4v) is 4.29. The highest BCUT2D eigenvalue weighted by molar-refractivity contribution is 6.35. The van der Waals surface area contributed by atoms with E-state index in [0.29, 0.717) is 38.4 Å². The van der Waals surface area contributed by atoms with Crippen molar-refractivity contribution in [2.24, 2.45) is 5.10 Å². The molecule has 3 N–H and O–H groups in total. The van der Waals surface area contributed by atoms with Crippen LogP contribution >= 0.6 is 23.2 Å². The summed E-state index contributed by atoms with van der Waals surface area (Å²) in [6.07, 6.45) is 1.33. The predicted octanol–water partition coefficient (Wildman–Crippen LogP) is 4.59. The van der Waals surface area contributed by atoms with E-state index in [9.17, 15) is 14.4 Å². The Morgan fingerprint density at radius 1 is 1.10 bits per heavy atom. The molecule has 0 saturated carbocycles. The molecule has 0 radical (unpaired) electrons. The molecule has 0 unspecified atom stereocenters. The van der Waals surface area contributed by atoms with Gasteiger partial charge in [0, 0.05) is 16.3 Å². The Morgan fingerprint density at radius 2 is 1.90 bits per heavy atom. The Morgan fingerprint density at radius 3 is 2.65 bits per heavy atom. The van der Waals surface area contributed by atoms with Gasteiger partial charge >= 0.3 is 12.0 Å². The number of hydrogen-bond acceptors (Lipinski definition) is 8. The number of carbonyl (C=O) groups excluding carboxylic acids is 3. The molecule has 0 fully saturated rings. The van der Waals surface area contributed by atoms with E-state index < -0.39 is 23.9 Å². The molecule has 11 nitrogen and oxygen atoms in total. The van der Waals surface area contributed by atoms with Crippen molar-refractivity contribution < 1.29 is 33.0 Å². The fraction of sp³-hybridized carbons (Fsp3) is 0.185. The number of hydrazone groups is 1. The summed E-state index contributed by atoms with van der Waals surface area (Å²) >= 11 is 12.2. The maximum Gasteiger partial charge on any atom is 0.337 e. The third kappa shape index (κ3) is 6.56. The number of rotatable bonds is 9. The van der Waals surface area contributed by atoms with Crippen LogP contribution in [0.4, 0.5) is 4.79 Å². The summed E-state index contributed by atoms with van der Waals surface area (Å²) in [5.41, 5.74) is 4.14. The first kappa shape index (κ1) is 28.5. The van der Waals surface area contributed by atoms with E-state index in [-0.39, 0.29) is 23.7 Å². The SMILES string of the molecule is COC(=O)C1=C(C)NC(=O)N[C@@H]1c1ccc(OCC(=O)N/N=C\c2ccc(-c3cc(Cl)ccc3Cl)o2)c(OC)c1. The van der Waals surface area contributed by atoms with E-state index in [2.05, 4.69) is 21.2 Å². The summed E-state index contributed by atoms with van der Waals surface area (Å²) in [5.74, 6) is 0.290. The molecule has 4 rings (SSSR count). The van der Waals surface area contributed by atoms with Gasteiger partial charge in [-0.25, -0.2) is 15.0 Å². The van der Waals surface area contributed by atoms with Gasteiger partial charge in [-0.05, 0) is 55.0 Å². The summed E-state index contributed by atoms with van der Waals surface area (Å²) in [7, 11) is 2.68. The predicted molar refractivity (Wildman–Crippen MR) is 148 cm³/mol. The highest BCUT2D eigenvalue weighted by atomic mass is 35.5. The quantitative estimate of drug-likeness (QED) is 0.189. The van der Waals surface area contributed by atoms with Gasteiger partial charge in [0.25, 0.3) is 5.91 Å². The minimum atomic E-state index is -0.779. The monoisotopic (exact) mass is 586 g/mol. The number of nitrogens with zero attached hydrogens (tertiary/aromatic N) is 1. The van der Waals surface area contributed by atoms with Crippen LogP contribution in [0.5, 0.6) is 11.5 Å². The Kier molecular flexibility index (Phi) is 8.97. The number of nitrogens with one attached hydrogen (secondary N) is 3. The Bertz CT molecular complexity index is 1520. The average molecular weight is 587 g/mol. The van der Waals surface area contributed by atoms with Crippen molar-refractivity contribution in [2.45, 2.75) is 13.0 Å². The van der Waals surface area contributed by atoms with Crippen molar-refractivity contribution in [1.29, 1.82) is 0 Å². The standard InChI is InChI=1S/C27H24Cl2N4O7/c1-14-24(26(35)38-3)25(32-27(36)31-14)15-4-8-21(22(10-15)37-2)39-13-23(34)33-30-12-17-6-9-20(40-17)18-11-16(28)5-7-19(18)29/h4-12,25H,13H2,1-3H3,(H,33,34)(H2,31,32,36)/b30-12-/t25-/m1/s1. The summed E-state index contributed by atoms with van der Waals surface area (Å²) in [6, 6.07) is 12.0. The fourth-order valence-electron chi connectivity index (χ4n) is 3.90. The normalized spacial score (nSPS) is 14.9. The Labute approximate surface area is 239 Å². The van der Waals surface area contributed by atoms with Crippen LogP contribution in [0.25, 0.3) is 11.3 Å². The molecule has 0 spiro atoms. The topological polar surface area (TPSA) is 140 Å². The highest BCUT2D eigenvalue weighted by Gasteiger charge is 2.32. The average Bonchev–Trinajstić information content (AvgIpc) is 3.41. The lowest BCUT2D eigenvalue weighted by Gasteiger charge is -2.28. The molecule has 0 aliphatic carbocycles. The molecule has 208 valence electrons. The molecule has 13 heteroatoms. The van der Waals surface area contributed by atoms with E-state index in [1.807, 2.05) is 0 Å². The van der Waals surface area contributed by atoms with Gasteiger partial charge in [-0.15, -0.1) is 0 Å². The number of methoxy groups -OCH3 is 2. The molecule has 3 aromatic rings. The van der Waals surface area contributed by atoms with Crippen molar-refractivity contribution in [3.05, 3.63) is 81.2 Å². The van der Waals surface area contributed by atoms with Crippen LogP contribution < -0.4 is 25.5 Å². The van der Waals surface area contributed by atoms with Gasteiger partial charge in [0.2, 0.25) is 0 Å². The number of benzene rings is 2. The molecule has 1 atom stereocenters. The maximum atomic E-state index is 12.3. The molecule has 1 aromatic heterocycles. The van der Waals surface area contributed by atoms with E-state index in [0.717, 1.165) is 0 Å². The van der Waals surface area contributed by atoms with Crippen LogP contribution in [-0.2, 0) is 14.3 Å². The van der Waals surface area contributed by atoms with Gasteiger partial charge in [0.05, 0.1) is 37.1 Å². The molecule has 40 heavy (non-hydrogen) atoms. The molecule has 2 aromatic carbocycles. The molecule has 1 aliphatic rings. The summed E-state index contributed by atoms with van der Waals surface area (Å²) in [6.45, 7) is 1.23. The first-order chi connectivity index (χ1) is 19.2. The van der Waals surface area contributed by atoms with Crippen LogP contribution in [0.2, 0.25) is 10.0 Å². The molecule has 1 aliphatic heterocycles. The van der Waals surface area contributed by atoms with Gasteiger partial charge in [-0.1, -0.05) is 29.3 Å². The number of allylic oxidation sites excluding steroid dienone is 1. The second-order valence-corrected chi connectivity index (χ2v) is 9.22. The number of urea groups is 1. The van der Waals surface area contributed by atoms with Crippen molar-refractivity contribution >= 4 is 47.3 Å². The van der Waals surface area contributed by atoms with Gasteiger partial charge in [0.1, 0.15) is 11.5 Å². The second kappa shape index (κ2) is 12.6. The third-order valence-electron chi connectivity index (χ3n) is 5.76. The van der Waals surface area contributed by atoms with E-state index in [1.165, 1.54) is 20.4 Å². The number of hydrogen-bond donors (Lipinski definition) is 3. The summed E-state index contributed by atoms with van der Waals surface area (Å²) < 4.78 is 21.6. The van der Waals surface area contributed by atoms with Crippen LogP contribution in [0.3, 0.4) is 0 Å². The Balaban J connectivity index is 1.38. The number of ether oxygens (including phenoxy) is 3. The number of halogens is 2. The van der Waals surface area contributed by atoms with Crippen molar-refractivity contribution in [2.75, 3.05) is 20.8 Å². The zero-order chi connectivity index (χ0) is 28.8. The van der Waals surface area contributed by atoms with Crippen LogP contribution in [0.15, 0.2) is 69.3 Å². The van der Waals surface area contributed by atoms with Gasteiger partial charge < -0.3 is 29.3 Å². The second-order valence-electron chi connectivity index (χ2n) is 8.38. The van der Waals surface area contributed by atoms with Gasteiger partial charge in [0.15, 0.2) is 18.1 Å². The van der Waals surface area contributed by atoms with Crippen LogP contribution in [0, 0.1) is 0 Å². The number of carbonyl (C=O) groups is 3. The lowest BCUT2D eigenvalue weighted by Crippen LogP contribution is -2.45. The molecule has 0 saturated heterocycles. The number of furan rings is 1. The largest absolute Gasteiger partial charge is 0.493 e. The van der Waals surface area contributed by atoms with Crippen LogP contribution in [-0.4, -0.2) is 44.9 Å². The van der Waals surface area contributed by atoms with Crippen molar-refractivity contribution in [1.82, 2.24) is 16.1 Å². The lowest BCUT2D eigenvalue weighted by atomic mass is 9.95. The summed E-state index contributed by atoms with van der Waals surface area (Å²) in [4.78, 5) is 36.7. The van der Waals surface area contributed by atoms with Gasteiger partial charge in [-0.3, -0.25) is 4.79 Å². The Hall–Kier alpha value is -4.48. The molecule has 0 bridgehead atoms. The van der Waals surface area contributed by atoms with E-state index in [1.54, 1.807) is 55.5 Å². The van der Waals surface area contributed by atoms with Crippen LogP contribution in [0.1, 0.15) is 24.3 Å². The number of amides is 3. The molecule has 2 heterocycles. The third-order valence-corrected chi connectivity index (χ3v) is 6.32. The van der Waals surface area contributed by atoms with Gasteiger partial charge in [-0.2, -0.15) is 5.10 Å². The van der Waals surface area contributed by atoms with Crippen molar-refractivity contribution in [3.8, 4) is 22.8 Å². The van der Waals surface area contributed by atoms with E-state index in [4.69, 9.17) is 41.8 Å². The highest BCUT2D eigenvalue weighted by Crippen LogP contribution is 2.35. The minimum Gasteiger partial charge on any atom is -0.493 e.